The molecule has 2 heteroatoms. The van der Waals surface area contributed by atoms with E-state index in [1.165, 1.54) is 42.3 Å². The molecule has 3 aromatic rings. The molecule has 2 unspecified atom stereocenters. The van der Waals surface area contributed by atoms with Crippen LogP contribution in [0, 0.1) is 0 Å². The molecule has 3 aromatic carbocycles. The minimum Gasteiger partial charge on any atom is -0.365 e. The van der Waals surface area contributed by atoms with Crippen molar-refractivity contribution in [2.45, 2.75) is 43.8 Å². The lowest BCUT2D eigenvalue weighted by Gasteiger charge is -2.50. The maximum atomic E-state index is 2.85. The summed E-state index contributed by atoms with van der Waals surface area (Å²) in [5, 5.41) is 2.68. The number of anilines is 1. The molecule has 146 valence electrons. The molecule has 1 fully saturated rings. The molecule has 1 saturated heterocycles. The van der Waals surface area contributed by atoms with Crippen molar-refractivity contribution in [3.8, 4) is 0 Å². The first-order chi connectivity index (χ1) is 14.3. The molecule has 29 heavy (non-hydrogen) atoms. The van der Waals surface area contributed by atoms with Crippen LogP contribution in [0.3, 0.4) is 0 Å². The molecule has 2 atom stereocenters. The van der Waals surface area contributed by atoms with E-state index in [4.69, 9.17) is 0 Å². The summed E-state index contributed by atoms with van der Waals surface area (Å²) in [5.74, 6) is 0. The van der Waals surface area contributed by atoms with Gasteiger partial charge in [-0.1, -0.05) is 66.7 Å². The van der Waals surface area contributed by atoms with Crippen LogP contribution in [0.1, 0.15) is 24.0 Å². The minimum atomic E-state index is 0.563. The average Bonchev–Trinajstić information content (AvgIpc) is 3.17. The Morgan fingerprint density at radius 2 is 1.31 bits per heavy atom. The zero-order valence-corrected chi connectivity index (χ0v) is 16.9. The smallest absolute Gasteiger partial charge is 0.0452 e. The van der Waals surface area contributed by atoms with Gasteiger partial charge < -0.3 is 4.90 Å². The fourth-order valence-corrected chi connectivity index (χ4v) is 5.78. The summed E-state index contributed by atoms with van der Waals surface area (Å²) in [6, 6.07) is 26.6. The molecule has 2 nitrogen and oxygen atoms in total. The summed E-state index contributed by atoms with van der Waals surface area (Å²) < 4.78 is 0. The van der Waals surface area contributed by atoms with E-state index in [2.05, 4.69) is 88.7 Å². The van der Waals surface area contributed by atoms with Crippen LogP contribution in [-0.2, 0) is 12.8 Å². The highest BCUT2D eigenvalue weighted by molar-refractivity contribution is 5.86. The average molecular weight is 381 g/mol. The van der Waals surface area contributed by atoms with Crippen molar-refractivity contribution in [3.63, 3.8) is 0 Å². The molecule has 0 spiro atoms. The first-order valence-corrected chi connectivity index (χ1v) is 11.1. The van der Waals surface area contributed by atoms with Crippen LogP contribution in [0.4, 0.5) is 5.69 Å². The van der Waals surface area contributed by atoms with E-state index in [9.17, 15) is 0 Å². The van der Waals surface area contributed by atoms with Crippen LogP contribution in [0.5, 0.6) is 0 Å². The van der Waals surface area contributed by atoms with Crippen molar-refractivity contribution in [1.29, 1.82) is 0 Å². The van der Waals surface area contributed by atoms with E-state index in [0.717, 1.165) is 13.0 Å². The van der Waals surface area contributed by atoms with Crippen molar-refractivity contribution in [2.75, 3.05) is 18.0 Å². The van der Waals surface area contributed by atoms with Crippen molar-refractivity contribution < 1.29 is 0 Å². The topological polar surface area (TPSA) is 6.48 Å². The Morgan fingerprint density at radius 3 is 2.10 bits per heavy atom. The molecule has 4 aliphatic rings. The Labute approximate surface area is 173 Å². The van der Waals surface area contributed by atoms with Crippen LogP contribution in [0.15, 0.2) is 78.9 Å². The lowest BCUT2D eigenvalue weighted by atomic mass is 9.94. The Balaban J connectivity index is 1.29. The third-order valence-corrected chi connectivity index (χ3v) is 7.28. The SMILES string of the molecule is C1=CCC2CN(c3ccc4ccccc4c3)C(C1)CN2C1Cc2ccccc2C1. The number of fused-ring (bicyclic) bond motifs is 6. The predicted octanol–water partition coefficient (Wildman–Crippen LogP) is 5.22. The van der Waals surface area contributed by atoms with E-state index < -0.39 is 0 Å². The normalized spacial score (nSPS) is 24.6. The second-order valence-electron chi connectivity index (χ2n) is 8.96. The van der Waals surface area contributed by atoms with E-state index in [0.29, 0.717) is 18.1 Å². The summed E-state index contributed by atoms with van der Waals surface area (Å²) in [4.78, 5) is 5.55. The van der Waals surface area contributed by atoms with Crippen molar-refractivity contribution >= 4 is 16.5 Å². The van der Waals surface area contributed by atoms with Crippen LogP contribution in [0.25, 0.3) is 10.8 Å². The first kappa shape index (κ1) is 17.3. The molecule has 3 heterocycles. The van der Waals surface area contributed by atoms with Gasteiger partial charge in [-0.25, -0.2) is 0 Å². The summed E-state index contributed by atoms with van der Waals surface area (Å²) in [7, 11) is 0. The van der Waals surface area contributed by atoms with Gasteiger partial charge in [-0.15, -0.1) is 0 Å². The van der Waals surface area contributed by atoms with E-state index in [1.807, 2.05) is 0 Å². The molecule has 7 rings (SSSR count). The van der Waals surface area contributed by atoms with Gasteiger partial charge in [-0.2, -0.15) is 0 Å². The summed E-state index contributed by atoms with van der Waals surface area (Å²) >= 11 is 0. The van der Waals surface area contributed by atoms with Crippen LogP contribution in [0.2, 0.25) is 0 Å². The number of hydrogen-bond donors (Lipinski definition) is 0. The predicted molar refractivity (Wildman–Crippen MR) is 122 cm³/mol. The Bertz CT molecular complexity index is 1040. The Hall–Kier alpha value is -2.58. The number of piperazine rings is 1. The molecule has 0 saturated carbocycles. The van der Waals surface area contributed by atoms with Crippen LogP contribution < -0.4 is 4.90 Å². The summed E-state index contributed by atoms with van der Waals surface area (Å²) in [5.41, 5.74) is 4.53. The number of hydrogen-bond acceptors (Lipinski definition) is 2. The van der Waals surface area contributed by atoms with Crippen LogP contribution in [-0.4, -0.2) is 36.1 Å². The third-order valence-electron chi connectivity index (χ3n) is 7.28. The zero-order valence-electron chi connectivity index (χ0n) is 16.9. The fourth-order valence-electron chi connectivity index (χ4n) is 5.78. The maximum Gasteiger partial charge on any atom is 0.0452 e. The highest BCUT2D eigenvalue weighted by atomic mass is 15.3. The molecule has 1 aliphatic carbocycles. The van der Waals surface area contributed by atoms with Gasteiger partial charge >= 0.3 is 0 Å². The lowest BCUT2D eigenvalue weighted by molar-refractivity contribution is 0.0996. The molecule has 0 amide bonds. The van der Waals surface area contributed by atoms with Gasteiger partial charge in [-0.3, -0.25) is 4.90 Å². The van der Waals surface area contributed by atoms with Gasteiger partial charge in [-0.05, 0) is 59.7 Å². The molecular weight excluding hydrogens is 352 g/mol. The first-order valence-electron chi connectivity index (χ1n) is 11.1. The maximum absolute atomic E-state index is 2.85. The summed E-state index contributed by atoms with van der Waals surface area (Å²) in [6.45, 7) is 2.32. The third kappa shape index (κ3) is 3.07. The van der Waals surface area contributed by atoms with Crippen molar-refractivity contribution in [3.05, 3.63) is 90.0 Å². The monoisotopic (exact) mass is 380 g/mol. The molecule has 3 aliphatic heterocycles. The number of benzene rings is 3. The van der Waals surface area contributed by atoms with Crippen molar-refractivity contribution in [2.24, 2.45) is 0 Å². The zero-order chi connectivity index (χ0) is 19.2. The quantitative estimate of drug-likeness (QED) is 0.563. The van der Waals surface area contributed by atoms with Gasteiger partial charge in [0.05, 0.1) is 0 Å². The van der Waals surface area contributed by atoms with Gasteiger partial charge in [0.25, 0.3) is 0 Å². The van der Waals surface area contributed by atoms with Gasteiger partial charge in [0, 0.05) is 36.9 Å². The molecule has 0 N–H and O–H groups in total. The van der Waals surface area contributed by atoms with E-state index >= 15 is 0 Å². The highest BCUT2D eigenvalue weighted by Crippen LogP contribution is 2.35. The Kier molecular flexibility index (Phi) is 4.19. The standard InChI is InChI=1S/C27H28N2/c1-2-8-21-15-24(14-13-20(21)7-1)28-18-26-12-6-5-11-25(28)19-29(26)27-16-22-9-3-4-10-23(22)17-27/h1-10,13-15,25-27H,11-12,16-19H2. The molecule has 2 bridgehead atoms. The number of rotatable bonds is 2. The van der Waals surface area contributed by atoms with E-state index in [1.54, 1.807) is 11.1 Å². The largest absolute Gasteiger partial charge is 0.365 e. The van der Waals surface area contributed by atoms with Crippen LogP contribution >= 0.6 is 0 Å². The van der Waals surface area contributed by atoms with Crippen molar-refractivity contribution in [1.82, 2.24) is 4.90 Å². The van der Waals surface area contributed by atoms with Gasteiger partial charge in [0.15, 0.2) is 0 Å². The second-order valence-corrected chi connectivity index (χ2v) is 8.96. The Morgan fingerprint density at radius 1 is 0.621 bits per heavy atom. The highest BCUT2D eigenvalue weighted by Gasteiger charge is 2.39. The second kappa shape index (κ2) is 7.03. The summed E-state index contributed by atoms with van der Waals surface area (Å²) in [6.07, 6.45) is 9.62. The molecular formula is C27H28N2. The molecule has 0 radical (unpaired) electrons. The van der Waals surface area contributed by atoms with E-state index in [-0.39, 0.29) is 0 Å². The minimum absolute atomic E-state index is 0.563. The fraction of sp³-hybridized carbons (Fsp3) is 0.333. The lowest BCUT2D eigenvalue weighted by Crippen LogP contribution is -2.61. The van der Waals surface area contributed by atoms with Gasteiger partial charge in [0.1, 0.15) is 0 Å². The number of nitrogens with zero attached hydrogens (tertiary/aromatic N) is 2. The van der Waals surface area contributed by atoms with Gasteiger partial charge in [0.2, 0.25) is 0 Å². The molecule has 0 aromatic heterocycles.